The van der Waals surface area contributed by atoms with Crippen LogP contribution in [-0.2, 0) is 6.42 Å². The molecule has 1 aromatic heterocycles. The number of aromatic nitrogens is 2. The molecule has 6 heteroatoms. The second-order valence-electron chi connectivity index (χ2n) is 5.80. The highest BCUT2D eigenvalue weighted by Gasteiger charge is 2.26. The summed E-state index contributed by atoms with van der Waals surface area (Å²) in [5.41, 5.74) is 2.39. The maximum absolute atomic E-state index is 12.2. The molecule has 1 saturated heterocycles. The summed E-state index contributed by atoms with van der Waals surface area (Å²) in [5, 5.41) is 6.42. The van der Waals surface area contributed by atoms with Crippen LogP contribution in [0.2, 0.25) is 0 Å². The number of nitrogens with zero attached hydrogens (tertiary/aromatic N) is 2. The lowest BCUT2D eigenvalue weighted by Gasteiger charge is -2.22. The van der Waals surface area contributed by atoms with Gasteiger partial charge in [-0.15, -0.1) is 0 Å². The predicted molar refractivity (Wildman–Crippen MR) is 92.9 cm³/mol. The molecule has 2 aromatic rings. The van der Waals surface area contributed by atoms with Crippen LogP contribution in [0.15, 0.2) is 30.3 Å². The van der Waals surface area contributed by atoms with Crippen molar-refractivity contribution in [1.29, 1.82) is 0 Å². The number of hydrogen-bond acceptors (Lipinski definition) is 5. The molecule has 2 aliphatic heterocycles. The number of carbonyl (C=O) groups is 1. The summed E-state index contributed by atoms with van der Waals surface area (Å²) in [5.74, 6) is 3.60. The Morgan fingerprint density at radius 2 is 2.09 bits per heavy atom. The monoisotopic (exact) mass is 326 g/mol. The standard InChI is InChI=1S/C17H18N4OS/c22-17-14-13(6-8-18-17)16(19-12-7-9-23-10-12)21-15(20-14)11-4-2-1-3-5-11/h1-5,12H,6-10H2,(H,18,22)(H,19,20,21). The second-order valence-corrected chi connectivity index (χ2v) is 6.95. The summed E-state index contributed by atoms with van der Waals surface area (Å²) in [6.07, 6.45) is 1.91. The van der Waals surface area contributed by atoms with E-state index in [1.54, 1.807) is 0 Å². The van der Waals surface area contributed by atoms with Gasteiger partial charge in [0.15, 0.2) is 5.82 Å². The molecule has 4 rings (SSSR count). The molecule has 5 nitrogen and oxygen atoms in total. The Labute approximate surface area is 139 Å². The lowest BCUT2D eigenvalue weighted by atomic mass is 10.0. The average Bonchev–Trinajstić information content (AvgIpc) is 3.09. The number of fused-ring (bicyclic) bond motifs is 1. The van der Waals surface area contributed by atoms with E-state index >= 15 is 0 Å². The van der Waals surface area contributed by atoms with Gasteiger partial charge in [-0.25, -0.2) is 9.97 Å². The molecule has 0 aliphatic carbocycles. The van der Waals surface area contributed by atoms with E-state index in [0.717, 1.165) is 35.5 Å². The van der Waals surface area contributed by atoms with Crippen LogP contribution in [0.4, 0.5) is 5.82 Å². The maximum atomic E-state index is 12.2. The number of thioether (sulfide) groups is 1. The third kappa shape index (κ3) is 2.91. The Balaban J connectivity index is 1.79. The summed E-state index contributed by atoms with van der Waals surface area (Å²) in [6, 6.07) is 10.2. The van der Waals surface area contributed by atoms with E-state index in [9.17, 15) is 4.79 Å². The number of hydrogen-bond donors (Lipinski definition) is 2. The first-order chi connectivity index (χ1) is 11.3. The zero-order valence-corrected chi connectivity index (χ0v) is 13.5. The summed E-state index contributed by atoms with van der Waals surface area (Å²) in [7, 11) is 0. The van der Waals surface area contributed by atoms with Crippen LogP contribution < -0.4 is 10.6 Å². The maximum Gasteiger partial charge on any atom is 0.270 e. The number of benzene rings is 1. The summed E-state index contributed by atoms with van der Waals surface area (Å²) in [6.45, 7) is 0.647. The first-order valence-corrected chi connectivity index (χ1v) is 9.05. The van der Waals surface area contributed by atoms with Gasteiger partial charge in [0.05, 0.1) is 0 Å². The molecule has 2 N–H and O–H groups in total. The van der Waals surface area contributed by atoms with Crippen LogP contribution in [0.3, 0.4) is 0 Å². The highest BCUT2D eigenvalue weighted by molar-refractivity contribution is 7.99. The van der Waals surface area contributed by atoms with Crippen LogP contribution in [0.5, 0.6) is 0 Å². The van der Waals surface area contributed by atoms with Gasteiger partial charge in [0.1, 0.15) is 11.5 Å². The largest absolute Gasteiger partial charge is 0.366 e. The van der Waals surface area contributed by atoms with E-state index in [1.807, 2.05) is 42.1 Å². The predicted octanol–water partition coefficient (Wildman–Crippen LogP) is 2.35. The fourth-order valence-corrected chi connectivity index (χ4v) is 4.12. The smallest absolute Gasteiger partial charge is 0.270 e. The minimum absolute atomic E-state index is 0.102. The molecule has 0 spiro atoms. The number of carbonyl (C=O) groups excluding carboxylic acids is 1. The van der Waals surface area contributed by atoms with Crippen molar-refractivity contribution < 1.29 is 4.79 Å². The molecule has 0 radical (unpaired) electrons. The SMILES string of the molecule is O=C1NCCc2c(NC3CCSC3)nc(-c3ccccc3)nc21. The Hall–Kier alpha value is -2.08. The zero-order chi connectivity index (χ0) is 15.6. The van der Waals surface area contributed by atoms with Gasteiger partial charge >= 0.3 is 0 Å². The number of amides is 1. The molecule has 23 heavy (non-hydrogen) atoms. The highest BCUT2D eigenvalue weighted by atomic mass is 32.2. The topological polar surface area (TPSA) is 66.9 Å². The third-order valence-corrected chi connectivity index (χ3v) is 5.35. The summed E-state index contributed by atoms with van der Waals surface area (Å²) >= 11 is 1.95. The second kappa shape index (κ2) is 6.20. The summed E-state index contributed by atoms with van der Waals surface area (Å²) in [4.78, 5) is 21.5. The van der Waals surface area contributed by atoms with Crippen LogP contribution in [0.25, 0.3) is 11.4 Å². The Bertz CT molecular complexity index is 729. The van der Waals surface area contributed by atoms with E-state index in [4.69, 9.17) is 4.98 Å². The molecule has 1 amide bonds. The fourth-order valence-electron chi connectivity index (χ4n) is 2.97. The third-order valence-electron chi connectivity index (χ3n) is 4.19. The lowest BCUT2D eigenvalue weighted by molar-refractivity contribution is 0.0940. The minimum atomic E-state index is -0.102. The van der Waals surface area contributed by atoms with Gasteiger partial charge < -0.3 is 10.6 Å². The van der Waals surface area contributed by atoms with Crippen molar-refractivity contribution >= 4 is 23.5 Å². The van der Waals surface area contributed by atoms with Crippen LogP contribution in [0, 0.1) is 0 Å². The molecular weight excluding hydrogens is 308 g/mol. The molecule has 1 aromatic carbocycles. The van der Waals surface area contributed by atoms with E-state index in [1.165, 1.54) is 5.75 Å². The van der Waals surface area contributed by atoms with Crippen LogP contribution in [-0.4, -0.2) is 40.0 Å². The van der Waals surface area contributed by atoms with Crippen molar-refractivity contribution in [2.75, 3.05) is 23.4 Å². The van der Waals surface area contributed by atoms with Crippen molar-refractivity contribution in [3.8, 4) is 11.4 Å². The molecule has 3 heterocycles. The first-order valence-electron chi connectivity index (χ1n) is 7.90. The molecule has 2 aliphatic rings. The van der Waals surface area contributed by atoms with Gasteiger partial charge in [-0.2, -0.15) is 11.8 Å². The van der Waals surface area contributed by atoms with Gasteiger partial charge in [-0.1, -0.05) is 30.3 Å². The van der Waals surface area contributed by atoms with E-state index in [-0.39, 0.29) is 5.91 Å². The molecule has 0 bridgehead atoms. The normalized spacial score (nSPS) is 20.0. The van der Waals surface area contributed by atoms with Gasteiger partial charge in [-0.3, -0.25) is 4.79 Å². The van der Waals surface area contributed by atoms with Crippen LogP contribution >= 0.6 is 11.8 Å². The van der Waals surface area contributed by atoms with Crippen molar-refractivity contribution in [3.05, 3.63) is 41.6 Å². The fraction of sp³-hybridized carbons (Fsp3) is 0.353. The lowest BCUT2D eigenvalue weighted by Crippen LogP contribution is -2.34. The van der Waals surface area contributed by atoms with Gasteiger partial charge in [0, 0.05) is 29.5 Å². The van der Waals surface area contributed by atoms with Gasteiger partial charge in [0.25, 0.3) is 5.91 Å². The van der Waals surface area contributed by atoms with Crippen molar-refractivity contribution in [1.82, 2.24) is 15.3 Å². The van der Waals surface area contributed by atoms with Crippen molar-refractivity contribution in [3.63, 3.8) is 0 Å². The Morgan fingerprint density at radius 1 is 1.22 bits per heavy atom. The van der Waals surface area contributed by atoms with Crippen molar-refractivity contribution in [2.45, 2.75) is 18.9 Å². The van der Waals surface area contributed by atoms with E-state index in [0.29, 0.717) is 24.1 Å². The van der Waals surface area contributed by atoms with Gasteiger partial charge in [0.2, 0.25) is 0 Å². The molecule has 118 valence electrons. The van der Waals surface area contributed by atoms with E-state index < -0.39 is 0 Å². The Morgan fingerprint density at radius 3 is 2.87 bits per heavy atom. The average molecular weight is 326 g/mol. The van der Waals surface area contributed by atoms with Crippen molar-refractivity contribution in [2.24, 2.45) is 0 Å². The summed E-state index contributed by atoms with van der Waals surface area (Å²) < 4.78 is 0. The van der Waals surface area contributed by atoms with Crippen LogP contribution in [0.1, 0.15) is 22.5 Å². The first kappa shape index (κ1) is 14.5. The van der Waals surface area contributed by atoms with Gasteiger partial charge in [-0.05, 0) is 18.6 Å². The quantitative estimate of drug-likeness (QED) is 0.906. The molecule has 1 atom stereocenters. The molecule has 1 fully saturated rings. The minimum Gasteiger partial charge on any atom is -0.366 e. The van der Waals surface area contributed by atoms with E-state index in [2.05, 4.69) is 15.6 Å². The zero-order valence-electron chi connectivity index (χ0n) is 12.7. The number of rotatable bonds is 3. The Kier molecular flexibility index (Phi) is 3.91. The molecule has 1 unspecified atom stereocenters. The molecular formula is C17H18N4OS. The number of nitrogens with one attached hydrogen (secondary N) is 2. The number of anilines is 1. The highest BCUT2D eigenvalue weighted by Crippen LogP contribution is 2.27. The molecule has 0 saturated carbocycles.